The Morgan fingerprint density at radius 1 is 0.820 bits per heavy atom. The first-order valence-corrected chi connectivity index (χ1v) is 23.2. The Morgan fingerprint density at radius 3 is 1.82 bits per heavy atom. The van der Waals surface area contributed by atoms with Crippen LogP contribution in [-0.2, 0) is 29.5 Å². The number of oxime groups is 1. The molecule has 1 saturated heterocycles. The van der Waals surface area contributed by atoms with Crippen LogP contribution in [0.3, 0.4) is 0 Å². The van der Waals surface area contributed by atoms with Gasteiger partial charge in [0, 0.05) is 15.6 Å². The Kier molecular flexibility index (Phi) is 13.0. The number of aromatic nitrogens is 1. The molecule has 2 atom stereocenters. The van der Waals surface area contributed by atoms with Gasteiger partial charge in [-0.2, -0.15) is 0 Å². The summed E-state index contributed by atoms with van der Waals surface area (Å²) in [6.07, 6.45) is -1.02. The molecule has 2 N–H and O–H groups in total. The zero-order chi connectivity index (χ0) is 42.3. The number of rotatable bonds is 15. The van der Waals surface area contributed by atoms with Crippen molar-refractivity contribution < 1.29 is 24.0 Å². The van der Waals surface area contributed by atoms with Gasteiger partial charge in [0.2, 0.25) is 0 Å². The van der Waals surface area contributed by atoms with E-state index in [2.05, 4.69) is 74.8 Å². The van der Waals surface area contributed by atoms with Crippen molar-refractivity contribution in [2.24, 2.45) is 5.16 Å². The summed E-state index contributed by atoms with van der Waals surface area (Å²) in [4.78, 5) is 54.6. The van der Waals surface area contributed by atoms with Gasteiger partial charge < -0.3 is 20.2 Å². The molecule has 2 aliphatic heterocycles. The molecule has 61 heavy (non-hydrogen) atoms. The number of hydrogen-bond donors (Lipinski definition) is 2. The minimum Gasteiger partial charge on any atom is -0.448 e. The number of alkyl halides is 1. The molecule has 1 unspecified atom stereocenters. The van der Waals surface area contributed by atoms with Crippen LogP contribution < -0.4 is 10.6 Å². The van der Waals surface area contributed by atoms with E-state index in [-0.39, 0.29) is 23.2 Å². The number of nitrogens with one attached hydrogen (secondary N) is 2. The van der Waals surface area contributed by atoms with E-state index in [4.69, 9.17) is 14.6 Å². The quantitative estimate of drug-likeness (QED) is 0.0199. The number of halogens is 1. The van der Waals surface area contributed by atoms with E-state index in [1.165, 1.54) is 28.0 Å². The van der Waals surface area contributed by atoms with E-state index in [1.54, 1.807) is 5.38 Å². The maximum absolute atomic E-state index is 14.3. The van der Waals surface area contributed by atoms with Gasteiger partial charge in [-0.3, -0.25) is 14.5 Å². The second-order valence-corrected chi connectivity index (χ2v) is 17.4. The number of thioether (sulfide) groups is 1. The highest BCUT2D eigenvalue weighted by molar-refractivity contribution is 14.1. The summed E-state index contributed by atoms with van der Waals surface area (Å²) in [5.41, 5.74) is 4.96. The highest BCUT2D eigenvalue weighted by atomic mass is 127. The summed E-state index contributed by atoms with van der Waals surface area (Å²) < 4.78 is 6.77. The van der Waals surface area contributed by atoms with E-state index in [9.17, 15) is 14.4 Å². The van der Waals surface area contributed by atoms with Crippen molar-refractivity contribution in [1.82, 2.24) is 15.2 Å². The summed E-state index contributed by atoms with van der Waals surface area (Å²) >= 11 is 5.02. The Hall–Kier alpha value is -5.77. The molecule has 0 saturated carbocycles. The topological polar surface area (TPSA) is 122 Å². The molecule has 308 valence electrons. The van der Waals surface area contributed by atoms with Gasteiger partial charge in [0.25, 0.3) is 11.8 Å². The van der Waals surface area contributed by atoms with Gasteiger partial charge in [-0.15, -0.1) is 23.1 Å². The first-order valence-electron chi connectivity index (χ1n) is 19.8. The van der Waals surface area contributed by atoms with Crippen molar-refractivity contribution in [3.05, 3.63) is 202 Å². The predicted molar refractivity (Wildman–Crippen MR) is 249 cm³/mol. The predicted octanol–water partition coefficient (Wildman–Crippen LogP) is 9.10. The van der Waals surface area contributed by atoms with Crippen LogP contribution in [0.4, 0.5) is 5.13 Å². The van der Waals surface area contributed by atoms with E-state index < -0.39 is 40.8 Å². The van der Waals surface area contributed by atoms with E-state index >= 15 is 0 Å². The molecule has 2 aliphatic rings. The lowest BCUT2D eigenvalue weighted by atomic mass is 9.77. The third-order valence-electron chi connectivity index (χ3n) is 10.3. The maximum atomic E-state index is 14.3. The Balaban J connectivity index is 1.05. The number of carbonyl (C=O) groups is 3. The smallest absolute Gasteiger partial charge is 0.356 e. The van der Waals surface area contributed by atoms with E-state index in [0.717, 1.165) is 33.4 Å². The second kappa shape index (κ2) is 18.9. The SMILES string of the molecule is CC(C)O/N=C(\C(=O)NC1C(=O)N2C(C(=O)OC(c3ccccc3)c3ccccc3)=C(CI)CS[C@@H]12)c1csc(NC(c2ccccc2)(c2ccccc2)c2ccccc2)n1. The van der Waals surface area contributed by atoms with Crippen molar-refractivity contribution >= 4 is 74.3 Å². The molecule has 0 radical (unpaired) electrons. The number of nitrogens with zero attached hydrogens (tertiary/aromatic N) is 3. The molecule has 3 heterocycles. The average Bonchev–Trinajstić information content (AvgIpc) is 3.77. The molecule has 8 rings (SSSR count). The molecule has 13 heteroatoms. The van der Waals surface area contributed by atoms with Gasteiger partial charge in [0.15, 0.2) is 16.9 Å². The summed E-state index contributed by atoms with van der Waals surface area (Å²) in [6, 6.07) is 48.6. The van der Waals surface area contributed by atoms with Crippen LogP contribution in [0.1, 0.15) is 53.5 Å². The van der Waals surface area contributed by atoms with E-state index in [0.29, 0.717) is 15.3 Å². The molecule has 2 amide bonds. The van der Waals surface area contributed by atoms with Crippen molar-refractivity contribution in [2.75, 3.05) is 15.5 Å². The van der Waals surface area contributed by atoms with Crippen LogP contribution in [-0.4, -0.2) is 61.1 Å². The third-order valence-corrected chi connectivity index (χ3v) is 13.4. The number of thiazole rings is 1. The lowest BCUT2D eigenvalue weighted by Crippen LogP contribution is -2.71. The molecule has 1 fully saturated rings. The van der Waals surface area contributed by atoms with Gasteiger partial charge in [0.05, 0.1) is 0 Å². The van der Waals surface area contributed by atoms with Gasteiger partial charge in [0.1, 0.15) is 34.4 Å². The number of fused-ring (bicyclic) bond motifs is 1. The van der Waals surface area contributed by atoms with Crippen LogP contribution >= 0.6 is 45.7 Å². The van der Waals surface area contributed by atoms with Crippen LogP contribution in [0, 0.1) is 0 Å². The molecule has 0 bridgehead atoms. The standard InChI is InChI=1S/C48H42IN5O5S2/c1-31(2)59-53-39(38-30-61-47(50-38)52-48(35-22-12-5-13-23-35,36-24-14-6-15-25-36)37-26-16-7-17-27-37)43(55)51-40-44(56)54-41(34(28-49)29-60-45(40)54)46(57)58-42(32-18-8-3-9-19-32)33-20-10-4-11-21-33/h3-27,30-31,40,42,45H,28-29H2,1-2H3,(H,50,52)(H,51,55)/b53-39-/t40?,45-/m0/s1. The number of anilines is 1. The van der Waals surface area contributed by atoms with Crippen molar-refractivity contribution in [3.63, 3.8) is 0 Å². The molecular formula is C48H42IN5O5S2. The fourth-order valence-corrected chi connectivity index (χ4v) is 10.6. The van der Waals surface area contributed by atoms with E-state index in [1.807, 2.05) is 129 Å². The molecule has 5 aromatic carbocycles. The minimum atomic E-state index is -0.933. The van der Waals surface area contributed by atoms with Gasteiger partial charge in [-0.05, 0) is 47.2 Å². The number of amides is 2. The molecule has 0 aliphatic carbocycles. The van der Waals surface area contributed by atoms with Crippen molar-refractivity contribution in [1.29, 1.82) is 0 Å². The highest BCUT2D eigenvalue weighted by Crippen LogP contribution is 2.43. The minimum absolute atomic E-state index is 0.0773. The number of benzene rings is 5. The third kappa shape index (κ3) is 8.72. The Bertz CT molecular complexity index is 2400. The highest BCUT2D eigenvalue weighted by Gasteiger charge is 2.55. The van der Waals surface area contributed by atoms with Crippen molar-refractivity contribution in [3.8, 4) is 0 Å². The zero-order valence-corrected chi connectivity index (χ0v) is 37.1. The summed E-state index contributed by atoms with van der Waals surface area (Å²) in [5, 5.41) is 12.7. The van der Waals surface area contributed by atoms with Crippen LogP contribution in [0.15, 0.2) is 173 Å². The Morgan fingerprint density at radius 2 is 1.33 bits per heavy atom. The first-order chi connectivity index (χ1) is 29.8. The summed E-state index contributed by atoms with van der Waals surface area (Å²) in [6.45, 7) is 3.62. The number of hydrogen-bond acceptors (Lipinski definition) is 10. The van der Waals surface area contributed by atoms with Gasteiger partial charge in [-0.1, -0.05) is 179 Å². The number of carbonyl (C=O) groups excluding carboxylic acids is 3. The molecule has 10 nitrogen and oxygen atoms in total. The fourth-order valence-electron chi connectivity index (χ4n) is 7.48. The lowest BCUT2D eigenvalue weighted by molar-refractivity contribution is -0.154. The molecule has 6 aromatic rings. The molecule has 1 aromatic heterocycles. The van der Waals surface area contributed by atoms with Crippen LogP contribution in [0.2, 0.25) is 0 Å². The zero-order valence-electron chi connectivity index (χ0n) is 33.3. The fraction of sp³-hybridized carbons (Fsp3) is 0.188. The van der Waals surface area contributed by atoms with Crippen LogP contribution in [0.25, 0.3) is 0 Å². The lowest BCUT2D eigenvalue weighted by Gasteiger charge is -2.49. The van der Waals surface area contributed by atoms with Crippen molar-refractivity contribution in [2.45, 2.75) is 43.0 Å². The Labute approximate surface area is 376 Å². The summed E-state index contributed by atoms with van der Waals surface area (Å²) in [7, 11) is 0. The van der Waals surface area contributed by atoms with Gasteiger partial charge in [-0.25, -0.2) is 9.78 Å². The second-order valence-electron chi connectivity index (χ2n) is 14.7. The molecule has 0 spiro atoms. The number of β-lactam (4-membered cyclic amide) rings is 1. The summed E-state index contributed by atoms with van der Waals surface area (Å²) in [5.74, 6) is -1.16. The monoisotopic (exact) mass is 959 g/mol. The maximum Gasteiger partial charge on any atom is 0.356 e. The van der Waals surface area contributed by atoms with Crippen LogP contribution in [0.5, 0.6) is 0 Å². The largest absolute Gasteiger partial charge is 0.448 e. The number of esters is 1. The first kappa shape index (κ1) is 41.9. The molecular weight excluding hydrogens is 918 g/mol. The van der Waals surface area contributed by atoms with Gasteiger partial charge >= 0.3 is 5.97 Å². The number of ether oxygens (including phenoxy) is 1. The average molecular weight is 960 g/mol. The normalized spacial score (nSPS) is 16.5.